The van der Waals surface area contributed by atoms with Crippen molar-refractivity contribution in [3.8, 4) is 0 Å². The van der Waals surface area contributed by atoms with Crippen molar-refractivity contribution in [3.05, 3.63) is 49.3 Å². The van der Waals surface area contributed by atoms with Crippen molar-refractivity contribution in [1.82, 2.24) is 0 Å². The third kappa shape index (κ3) is 2.17. The fourth-order valence-electron chi connectivity index (χ4n) is 2.29. The van der Waals surface area contributed by atoms with Crippen molar-refractivity contribution in [3.63, 3.8) is 0 Å². The first-order valence-corrected chi connectivity index (χ1v) is 7.62. The van der Waals surface area contributed by atoms with Crippen molar-refractivity contribution < 1.29 is 4.39 Å². The van der Waals surface area contributed by atoms with Gasteiger partial charge in [0.05, 0.1) is 16.1 Å². The number of halogens is 3. The minimum absolute atomic E-state index is 0.150. The number of fused-ring (bicyclic) bond motifs is 1. The maximum Gasteiger partial charge on any atom is 0.147 e. The van der Waals surface area contributed by atoms with E-state index in [0.717, 1.165) is 21.7 Å². The lowest BCUT2D eigenvalue weighted by molar-refractivity contribution is 0.624. The second-order valence-corrected chi connectivity index (χ2v) is 6.88. The summed E-state index contributed by atoms with van der Waals surface area (Å²) in [5.74, 6) is -0.237. The molecule has 1 unspecified atom stereocenters. The van der Waals surface area contributed by atoms with Gasteiger partial charge >= 0.3 is 0 Å². The molecule has 0 radical (unpaired) electrons. The molecule has 0 fully saturated rings. The highest BCUT2D eigenvalue weighted by atomic mass is 79.9. The van der Waals surface area contributed by atoms with Gasteiger partial charge in [-0.1, -0.05) is 17.7 Å². The molecule has 5 heteroatoms. The Bertz CT molecular complexity index is 578. The van der Waals surface area contributed by atoms with Crippen molar-refractivity contribution in [2.24, 2.45) is 0 Å². The summed E-state index contributed by atoms with van der Waals surface area (Å²) in [5, 5.41) is 3.27. The molecule has 94 valence electrons. The van der Waals surface area contributed by atoms with Gasteiger partial charge in [-0.05, 0) is 52.5 Å². The van der Waals surface area contributed by atoms with Crippen molar-refractivity contribution in [1.29, 1.82) is 0 Å². The number of hydrogen-bond donors (Lipinski definition) is 1. The van der Waals surface area contributed by atoms with Gasteiger partial charge in [0.2, 0.25) is 0 Å². The summed E-state index contributed by atoms with van der Waals surface area (Å²) in [4.78, 5) is 1.31. The first-order chi connectivity index (χ1) is 8.65. The third-order valence-corrected chi connectivity index (χ3v) is 5.13. The molecule has 2 aromatic rings. The lowest BCUT2D eigenvalue weighted by atomic mass is 10.1. The Hall–Kier alpha value is -0.580. The van der Waals surface area contributed by atoms with Gasteiger partial charge in [-0.25, -0.2) is 4.39 Å². The molecule has 0 amide bonds. The van der Waals surface area contributed by atoms with Crippen LogP contribution in [-0.2, 0) is 6.42 Å². The lowest BCUT2D eigenvalue weighted by Gasteiger charge is -2.16. The summed E-state index contributed by atoms with van der Waals surface area (Å²) in [7, 11) is 0. The molecule has 0 bridgehead atoms. The zero-order valence-corrected chi connectivity index (χ0v) is 12.5. The van der Waals surface area contributed by atoms with Crippen LogP contribution in [0.15, 0.2) is 28.7 Å². The molecule has 0 saturated carbocycles. The average Bonchev–Trinajstić information content (AvgIpc) is 2.84. The number of rotatable bonds is 2. The molecule has 0 saturated heterocycles. The molecule has 0 spiro atoms. The molecule has 1 N–H and O–H groups in total. The van der Waals surface area contributed by atoms with Crippen LogP contribution in [0.2, 0.25) is 4.34 Å². The number of nitrogens with one attached hydrogen (secondary N) is 1. The van der Waals surface area contributed by atoms with Gasteiger partial charge in [-0.2, -0.15) is 0 Å². The average molecular weight is 347 g/mol. The van der Waals surface area contributed by atoms with Crippen LogP contribution in [0, 0.1) is 5.82 Å². The standard InChI is InChI=1S/C13H10BrClFNS/c14-8-2-1-3-9(16)13(8)17-10-4-5-11-7(10)6-12(15)18-11/h1-3,6,10,17H,4-5H2. The maximum absolute atomic E-state index is 13.8. The molecule has 1 aliphatic carbocycles. The predicted octanol–water partition coefficient (Wildman–Crippen LogP) is 5.40. The lowest BCUT2D eigenvalue weighted by Crippen LogP contribution is -2.08. The van der Waals surface area contributed by atoms with E-state index in [-0.39, 0.29) is 11.9 Å². The Balaban J connectivity index is 1.90. The summed E-state index contributed by atoms with van der Waals surface area (Å²) < 4.78 is 15.3. The number of thiophene rings is 1. The molecule has 1 aromatic heterocycles. The van der Waals surface area contributed by atoms with Gasteiger partial charge in [-0.15, -0.1) is 11.3 Å². The minimum Gasteiger partial charge on any atom is -0.375 e. The molecule has 0 aliphatic heterocycles. The van der Waals surface area contributed by atoms with Crippen molar-refractivity contribution >= 4 is 44.6 Å². The molecular weight excluding hydrogens is 337 g/mol. The van der Waals surface area contributed by atoms with Crippen LogP contribution in [0.25, 0.3) is 0 Å². The highest BCUT2D eigenvalue weighted by Crippen LogP contribution is 2.42. The van der Waals surface area contributed by atoms with E-state index in [1.165, 1.54) is 16.5 Å². The van der Waals surface area contributed by atoms with E-state index >= 15 is 0 Å². The van der Waals surface area contributed by atoms with Gasteiger partial charge in [0.15, 0.2) is 0 Å². The highest BCUT2D eigenvalue weighted by molar-refractivity contribution is 9.10. The van der Waals surface area contributed by atoms with E-state index < -0.39 is 0 Å². The van der Waals surface area contributed by atoms with Crippen LogP contribution in [-0.4, -0.2) is 0 Å². The SMILES string of the molecule is Fc1cccc(Br)c1NC1CCc2sc(Cl)cc21. The number of anilines is 1. The first kappa shape index (κ1) is 12.5. The number of aryl methyl sites for hydroxylation is 1. The van der Waals surface area contributed by atoms with Gasteiger partial charge in [0, 0.05) is 9.35 Å². The molecule has 1 heterocycles. The molecule has 1 nitrogen and oxygen atoms in total. The molecule has 3 rings (SSSR count). The highest BCUT2D eigenvalue weighted by Gasteiger charge is 2.26. The van der Waals surface area contributed by atoms with E-state index in [1.807, 2.05) is 12.1 Å². The van der Waals surface area contributed by atoms with E-state index in [2.05, 4.69) is 21.2 Å². The van der Waals surface area contributed by atoms with Crippen LogP contribution >= 0.6 is 38.9 Å². The summed E-state index contributed by atoms with van der Waals surface area (Å²) in [5.41, 5.74) is 1.73. The largest absolute Gasteiger partial charge is 0.375 e. The van der Waals surface area contributed by atoms with Crippen LogP contribution in [0.5, 0.6) is 0 Å². The van der Waals surface area contributed by atoms with Crippen molar-refractivity contribution in [2.45, 2.75) is 18.9 Å². The number of para-hydroxylation sites is 1. The van der Waals surface area contributed by atoms with Gasteiger partial charge < -0.3 is 5.32 Å². The van der Waals surface area contributed by atoms with E-state index in [1.54, 1.807) is 17.4 Å². The van der Waals surface area contributed by atoms with Gasteiger partial charge in [0.1, 0.15) is 5.82 Å². The number of benzene rings is 1. The summed E-state index contributed by atoms with van der Waals surface area (Å²) in [6.45, 7) is 0. The Morgan fingerprint density at radius 3 is 3.06 bits per heavy atom. The van der Waals surface area contributed by atoms with Crippen LogP contribution in [0.1, 0.15) is 22.9 Å². The second-order valence-electron chi connectivity index (χ2n) is 4.26. The summed E-state index contributed by atoms with van der Waals surface area (Å²) in [6, 6.07) is 7.12. The van der Waals surface area contributed by atoms with Crippen LogP contribution in [0.3, 0.4) is 0 Å². The van der Waals surface area contributed by atoms with E-state index in [4.69, 9.17) is 11.6 Å². The first-order valence-electron chi connectivity index (χ1n) is 5.64. The summed E-state index contributed by atoms with van der Waals surface area (Å²) >= 11 is 11.0. The predicted molar refractivity (Wildman–Crippen MR) is 78.1 cm³/mol. The zero-order valence-electron chi connectivity index (χ0n) is 9.34. The molecular formula is C13H10BrClFNS. The van der Waals surface area contributed by atoms with E-state index in [0.29, 0.717) is 5.69 Å². The Kier molecular flexibility index (Phi) is 3.34. The normalized spacial score (nSPS) is 17.8. The van der Waals surface area contributed by atoms with Gasteiger partial charge in [0.25, 0.3) is 0 Å². The van der Waals surface area contributed by atoms with Crippen molar-refractivity contribution in [2.75, 3.05) is 5.32 Å². The van der Waals surface area contributed by atoms with Gasteiger partial charge in [-0.3, -0.25) is 0 Å². The molecule has 1 aliphatic rings. The molecule has 1 aromatic carbocycles. The fraction of sp³-hybridized carbons (Fsp3) is 0.231. The monoisotopic (exact) mass is 345 g/mol. The molecule has 18 heavy (non-hydrogen) atoms. The molecule has 1 atom stereocenters. The third-order valence-electron chi connectivity index (χ3n) is 3.13. The van der Waals surface area contributed by atoms with E-state index in [9.17, 15) is 4.39 Å². The smallest absolute Gasteiger partial charge is 0.147 e. The fourth-order valence-corrected chi connectivity index (χ4v) is 4.10. The Labute approximate surface area is 122 Å². The zero-order chi connectivity index (χ0) is 12.7. The quantitative estimate of drug-likeness (QED) is 0.767. The Morgan fingerprint density at radius 2 is 2.28 bits per heavy atom. The van der Waals surface area contributed by atoms with Crippen LogP contribution in [0.4, 0.5) is 10.1 Å². The minimum atomic E-state index is -0.237. The maximum atomic E-state index is 13.8. The second kappa shape index (κ2) is 4.83. The Morgan fingerprint density at radius 1 is 1.44 bits per heavy atom. The number of hydrogen-bond acceptors (Lipinski definition) is 2. The topological polar surface area (TPSA) is 12.0 Å². The summed E-state index contributed by atoms with van der Waals surface area (Å²) in [6.07, 6.45) is 2.00. The van der Waals surface area contributed by atoms with Crippen LogP contribution < -0.4 is 5.32 Å².